The summed E-state index contributed by atoms with van der Waals surface area (Å²) in [4.78, 5) is 0. The van der Waals surface area contributed by atoms with E-state index in [9.17, 15) is 66.4 Å². The number of hydroxylamine groups is 2. The highest BCUT2D eigenvalue weighted by atomic mass is 33.1. The van der Waals surface area contributed by atoms with Gasteiger partial charge in [0.25, 0.3) is 0 Å². The summed E-state index contributed by atoms with van der Waals surface area (Å²) in [5, 5.41) is 212. The number of nitrogens with two attached hydrogens (primary N) is 3. The van der Waals surface area contributed by atoms with Crippen molar-refractivity contribution in [2.24, 2.45) is 17.2 Å². The number of hydrogen-bond donors (Lipinski definition) is 31. The minimum atomic E-state index is -1.99. The Morgan fingerprint density at radius 3 is 1.72 bits per heavy atom. The molecule has 19 atom stereocenters. The molecule has 0 spiro atoms. The lowest BCUT2D eigenvalue weighted by Crippen LogP contribution is -2.64. The Morgan fingerprint density at radius 1 is 0.531 bits per heavy atom. The van der Waals surface area contributed by atoms with Gasteiger partial charge in [-0.2, -0.15) is 11.8 Å². The second-order valence-electron chi connectivity index (χ2n) is 23.6. The van der Waals surface area contributed by atoms with Crippen LogP contribution in [-0.2, 0) is 25.4 Å². The van der Waals surface area contributed by atoms with Gasteiger partial charge in [-0.05, 0) is 68.0 Å². The lowest BCUT2D eigenvalue weighted by Gasteiger charge is -2.36. The summed E-state index contributed by atoms with van der Waals surface area (Å²) in [6, 6.07) is 8.43. The Morgan fingerprint density at radius 2 is 1.10 bits per heavy atom. The van der Waals surface area contributed by atoms with Crippen molar-refractivity contribution in [2.45, 2.75) is 175 Å². The lowest BCUT2D eigenvalue weighted by atomic mass is 10.0. The van der Waals surface area contributed by atoms with Gasteiger partial charge in [0, 0.05) is 61.2 Å². The summed E-state index contributed by atoms with van der Waals surface area (Å²) in [6.45, 7) is 1.93. The SMILES string of the molecule is NC(N)NCCC[C@@H]1N[C@@H](O)[C@@H]2CSSC[C@H](N[C@H](O)[C@H](CC(O)O)N[C@@H](O)CN[C@@H]1O)[C@H](O)N[C@@H](Cc1ccccc1)[C@@H](O)N[C@H]([C@H](O)NCCOCCOCCOCCN[C@H](O)COC[C@@H](N)O)CSC[C@H](O)N[C@@H](CCCCN[C@@H](O)c1ccc(/C=C/N(O)O)cc1)[C@@H](O)N2. The Labute approximate surface area is 584 Å². The molecule has 36 nitrogen and oxygen atoms in total. The third kappa shape index (κ3) is 38.9. The van der Waals surface area contributed by atoms with E-state index in [0.717, 1.165) is 11.8 Å². The summed E-state index contributed by atoms with van der Waals surface area (Å²) in [5.41, 5.74) is 18.6. The molecule has 2 aromatic carbocycles. The number of ether oxygens (including phenoxy) is 4. The molecule has 2 bridgehead atoms. The normalized spacial score (nSPS) is 28.9. The minimum Gasteiger partial charge on any atom is -0.378 e. The predicted octanol–water partition coefficient (Wildman–Crippen LogP) is -8.85. The highest BCUT2D eigenvalue weighted by molar-refractivity contribution is 8.76. The standard InChI is InChI=1S/C59H114N16O20S3/c60-46(76)30-95-31-48(78)63-18-21-92-23-25-94-26-24-93-22-19-65-53(84)43-32-96-35-49(79)68-40(9-4-5-16-64-51(82)38-13-11-36(12-14-38)15-20-75(90)91)54(85)73-44-33-97-98-34-45(58(89)71-41(55(86)72-43)27-37-7-2-1-3-8-37)74-56(87)42(28-50(80)81)69-47(77)29-67-52(83)39(70-57(44)88)10-6-17-66-59(61)62/h1-3,7-8,11-15,20,39-59,63-74,76-91H,4-6,9-10,16-19,21-35,60-62H2/b20-15+/t39-,40-,41-,42-,43-,44-,45-,46-,47-,48+,49-,51-,52+,53-,54+,55+,56+,57-,58-/m0/s1. The van der Waals surface area contributed by atoms with Crippen LogP contribution in [0.5, 0.6) is 0 Å². The maximum absolute atomic E-state index is 12.3. The monoisotopic (exact) mass is 1460 g/mol. The second kappa shape index (κ2) is 51.7. The number of β-amino-alcohol motifs (C(OH)–C–C–N with tert-alkyl or cyclic N) is 1. The first-order valence-electron chi connectivity index (χ1n) is 32.9. The number of rotatable bonds is 37. The second-order valence-corrected chi connectivity index (χ2v) is 27.2. The maximum atomic E-state index is 12.3. The third-order valence-corrected chi connectivity index (χ3v) is 19.0. The van der Waals surface area contributed by atoms with Crippen molar-refractivity contribution in [3.8, 4) is 0 Å². The van der Waals surface area contributed by atoms with Crippen molar-refractivity contribution in [3.63, 3.8) is 0 Å². The van der Waals surface area contributed by atoms with Crippen LogP contribution in [0.3, 0.4) is 0 Å². The fourth-order valence-corrected chi connectivity index (χ4v) is 13.7. The number of fused-ring (bicyclic) bond motifs is 5. The molecule has 2 saturated heterocycles. The zero-order chi connectivity index (χ0) is 71.6. The van der Waals surface area contributed by atoms with Crippen molar-refractivity contribution < 1.29 is 101 Å². The number of aliphatic hydroxyl groups excluding tert-OH is 13. The number of unbranched alkanes of at least 4 members (excludes halogenated alkanes) is 1. The van der Waals surface area contributed by atoms with Gasteiger partial charge in [0.1, 0.15) is 81.0 Å². The fourth-order valence-electron chi connectivity index (χ4n) is 10.2. The van der Waals surface area contributed by atoms with E-state index >= 15 is 0 Å². The van der Waals surface area contributed by atoms with Gasteiger partial charge in [0.2, 0.25) is 0 Å². The van der Waals surface area contributed by atoms with Crippen molar-refractivity contribution in [2.75, 3.05) is 109 Å². The average Bonchev–Trinajstić information content (AvgIpc) is 1.24. The smallest absolute Gasteiger partial charge is 0.153 e. The Hall–Kier alpha value is -2.37. The van der Waals surface area contributed by atoms with Crippen LogP contribution in [0.1, 0.15) is 61.4 Å². The molecule has 2 aromatic rings. The molecule has 39 heteroatoms. The Balaban J connectivity index is 1.62. The van der Waals surface area contributed by atoms with Crippen LogP contribution in [0.2, 0.25) is 0 Å². The molecule has 34 N–H and O–H groups in total. The van der Waals surface area contributed by atoms with Crippen LogP contribution in [0, 0.1) is 0 Å². The van der Waals surface area contributed by atoms with E-state index in [1.54, 1.807) is 36.4 Å². The van der Waals surface area contributed by atoms with Gasteiger partial charge in [-0.1, -0.05) is 82.6 Å². The zero-order valence-electron chi connectivity index (χ0n) is 55.1. The fraction of sp³-hybridized carbons (Fsp3) is 0.763. The lowest BCUT2D eigenvalue weighted by molar-refractivity contribution is -0.266. The van der Waals surface area contributed by atoms with E-state index in [2.05, 4.69) is 63.8 Å². The number of aliphatic hydroxyl groups is 14. The van der Waals surface area contributed by atoms with Crippen molar-refractivity contribution >= 4 is 39.4 Å². The van der Waals surface area contributed by atoms with Gasteiger partial charge < -0.3 is 108 Å². The first-order chi connectivity index (χ1) is 47.0. The van der Waals surface area contributed by atoms with E-state index in [1.165, 1.54) is 39.4 Å². The molecule has 2 fully saturated rings. The van der Waals surface area contributed by atoms with Crippen LogP contribution in [0.4, 0.5) is 0 Å². The molecular weight excluding hydrogens is 1350 g/mol. The van der Waals surface area contributed by atoms with Crippen LogP contribution in [-0.4, -0.2) is 319 Å². The van der Waals surface area contributed by atoms with Crippen molar-refractivity contribution in [1.29, 1.82) is 0 Å². The van der Waals surface area contributed by atoms with Gasteiger partial charge in [-0.3, -0.25) is 74.2 Å². The average molecular weight is 1460 g/mol. The maximum Gasteiger partial charge on any atom is 0.153 e. The summed E-state index contributed by atoms with van der Waals surface area (Å²) in [5.74, 6) is 0.0287. The summed E-state index contributed by atoms with van der Waals surface area (Å²) in [6.07, 6.45) is -15.8. The number of nitrogens with one attached hydrogen (secondary N) is 12. The predicted molar refractivity (Wildman–Crippen MR) is 368 cm³/mol. The highest BCUT2D eigenvalue weighted by Crippen LogP contribution is 2.26. The molecule has 568 valence electrons. The molecule has 0 radical (unpaired) electrons. The number of thioether (sulfide) groups is 1. The van der Waals surface area contributed by atoms with Crippen LogP contribution >= 0.6 is 33.3 Å². The van der Waals surface area contributed by atoms with Crippen molar-refractivity contribution in [3.05, 3.63) is 77.5 Å². The van der Waals surface area contributed by atoms with E-state index in [1.807, 2.05) is 18.2 Å². The molecule has 2 heterocycles. The zero-order valence-corrected chi connectivity index (χ0v) is 57.6. The molecule has 0 saturated carbocycles. The van der Waals surface area contributed by atoms with Gasteiger partial charge >= 0.3 is 0 Å². The quantitative estimate of drug-likeness (QED) is 0.0129. The molecule has 0 amide bonds. The third-order valence-electron chi connectivity index (χ3n) is 15.4. The van der Waals surface area contributed by atoms with Gasteiger partial charge in [0.05, 0.1) is 89.3 Å². The van der Waals surface area contributed by atoms with Crippen LogP contribution < -0.4 is 81.0 Å². The molecule has 98 heavy (non-hydrogen) atoms. The van der Waals surface area contributed by atoms with E-state index in [-0.39, 0.29) is 113 Å². The van der Waals surface area contributed by atoms with Crippen LogP contribution in [0.25, 0.3) is 6.08 Å². The molecule has 0 aromatic heterocycles. The molecular formula is C59H114N16O20S3. The largest absolute Gasteiger partial charge is 0.378 e. The first-order valence-corrected chi connectivity index (χ1v) is 36.5. The van der Waals surface area contributed by atoms with Gasteiger partial charge in [-0.15, -0.1) is 5.23 Å². The van der Waals surface area contributed by atoms with Gasteiger partial charge in [-0.25, -0.2) is 0 Å². The van der Waals surface area contributed by atoms with E-state index in [4.69, 9.17) is 51.7 Å². The van der Waals surface area contributed by atoms with Crippen LogP contribution in [0.15, 0.2) is 60.8 Å². The summed E-state index contributed by atoms with van der Waals surface area (Å²) in [7, 11) is 2.39. The summed E-state index contributed by atoms with van der Waals surface area (Å²) < 4.78 is 21.9. The van der Waals surface area contributed by atoms with Gasteiger partial charge in [0.15, 0.2) is 6.29 Å². The molecule has 2 aliphatic heterocycles. The minimum absolute atomic E-state index is 0.0228. The Kier molecular flexibility index (Phi) is 46.5. The van der Waals surface area contributed by atoms with E-state index in [0.29, 0.717) is 50.0 Å². The number of hydrogen-bond acceptors (Lipinski definition) is 39. The number of benzene rings is 2. The molecule has 2 aliphatic rings. The highest BCUT2D eigenvalue weighted by Gasteiger charge is 2.36. The van der Waals surface area contributed by atoms with Crippen molar-refractivity contribution in [1.82, 2.24) is 69.0 Å². The first kappa shape index (κ1) is 88.0. The molecule has 0 unspecified atom stereocenters. The van der Waals surface area contributed by atoms with E-state index < -0.39 is 136 Å². The Bertz CT molecular complexity index is 2320. The molecule has 0 aliphatic carbocycles. The summed E-state index contributed by atoms with van der Waals surface area (Å²) >= 11 is 1.20. The molecule has 4 rings (SSSR count). The topological polar surface area (TPSA) is 586 Å². The number of nitrogens with zero attached hydrogens (tertiary/aromatic N) is 1.